The van der Waals surface area contributed by atoms with Crippen LogP contribution in [0.5, 0.6) is 0 Å². The summed E-state index contributed by atoms with van der Waals surface area (Å²) >= 11 is 0. The van der Waals surface area contributed by atoms with Gasteiger partial charge in [-0.2, -0.15) is 13.5 Å². The van der Waals surface area contributed by atoms with Gasteiger partial charge in [-0.15, -0.1) is 0 Å². The van der Waals surface area contributed by atoms with Gasteiger partial charge in [-0.25, -0.2) is 18.4 Å². The third-order valence-electron chi connectivity index (χ3n) is 5.29. The third-order valence-corrected chi connectivity index (χ3v) is 6.58. The molecule has 0 spiro atoms. The second-order valence-corrected chi connectivity index (χ2v) is 9.26. The molecule has 0 bridgehead atoms. The first-order valence-corrected chi connectivity index (χ1v) is 11.1. The van der Waals surface area contributed by atoms with Crippen molar-refractivity contribution in [2.45, 2.75) is 30.4 Å². The quantitative estimate of drug-likeness (QED) is 0.515. The van der Waals surface area contributed by atoms with E-state index in [0.29, 0.717) is 0 Å². The van der Waals surface area contributed by atoms with Crippen LogP contribution in [0.4, 0.5) is 8.78 Å². The highest BCUT2D eigenvalue weighted by atomic mass is 32.2. The lowest BCUT2D eigenvalue weighted by Gasteiger charge is -2.29. The second-order valence-electron chi connectivity index (χ2n) is 7.64. The molecule has 1 aliphatic heterocycles. The molecule has 0 amide bonds. The van der Waals surface area contributed by atoms with Gasteiger partial charge in [0.15, 0.2) is 0 Å². The second kappa shape index (κ2) is 8.45. The molecule has 2 heterocycles. The molecule has 10 heteroatoms. The first kappa shape index (κ1) is 21.5. The van der Waals surface area contributed by atoms with Gasteiger partial charge in [0, 0.05) is 17.5 Å². The molecule has 1 fully saturated rings. The van der Waals surface area contributed by atoms with Crippen LogP contribution in [0.25, 0.3) is 0 Å². The number of halogens is 2. The molecule has 0 unspecified atom stereocenters. The highest BCUT2D eigenvalue weighted by molar-refractivity contribution is 7.86. The van der Waals surface area contributed by atoms with Crippen molar-refractivity contribution in [3.05, 3.63) is 77.9 Å². The van der Waals surface area contributed by atoms with Crippen molar-refractivity contribution < 1.29 is 26.1 Å². The molecule has 1 aromatic heterocycles. The number of benzene rings is 2. The van der Waals surface area contributed by atoms with Gasteiger partial charge >= 0.3 is 0 Å². The summed E-state index contributed by atoms with van der Waals surface area (Å²) < 4.78 is 65.8. The van der Waals surface area contributed by atoms with Crippen LogP contribution in [0.15, 0.2) is 60.0 Å². The Morgan fingerprint density at radius 3 is 2.68 bits per heavy atom. The van der Waals surface area contributed by atoms with E-state index < -0.39 is 27.4 Å². The van der Waals surface area contributed by atoms with E-state index in [9.17, 15) is 17.2 Å². The Labute approximate surface area is 178 Å². The summed E-state index contributed by atoms with van der Waals surface area (Å²) in [6, 6.07) is 9.65. The van der Waals surface area contributed by atoms with Crippen LogP contribution in [-0.2, 0) is 31.2 Å². The summed E-state index contributed by atoms with van der Waals surface area (Å²) in [5, 5.41) is 4.06. The number of nitrogens with zero attached hydrogens (tertiary/aromatic N) is 3. The fourth-order valence-corrected chi connectivity index (χ4v) is 4.72. The van der Waals surface area contributed by atoms with Crippen LogP contribution in [0.2, 0.25) is 0 Å². The lowest BCUT2D eigenvalue weighted by Crippen LogP contribution is -2.32. The Bertz CT molecular complexity index is 1150. The van der Waals surface area contributed by atoms with E-state index in [1.807, 2.05) is 6.92 Å². The van der Waals surface area contributed by atoms with Crippen LogP contribution in [-0.4, -0.2) is 36.4 Å². The van der Waals surface area contributed by atoms with Crippen molar-refractivity contribution in [1.29, 1.82) is 0 Å². The molecule has 164 valence electrons. The standard InChI is InChI=1S/C21H21F2N3O4S/c1-15-2-5-18(6-3-15)31(27,28)30-11-16-9-21(29-10-16,12-26-14-24-13-25-26)19-7-4-17(22)8-20(19)23/h2-8,13-14,16H,9-12H2,1H3/t16-,21+/m0/s1. The molecule has 0 N–H and O–H groups in total. The van der Waals surface area contributed by atoms with Gasteiger partial charge in [-0.3, -0.25) is 4.18 Å². The van der Waals surface area contributed by atoms with E-state index in [-0.39, 0.29) is 42.6 Å². The predicted octanol–water partition coefficient (Wildman–Crippen LogP) is 3.20. The van der Waals surface area contributed by atoms with E-state index in [1.54, 1.807) is 12.1 Å². The molecule has 0 aliphatic carbocycles. The first-order valence-electron chi connectivity index (χ1n) is 9.65. The number of hydrogen-bond acceptors (Lipinski definition) is 6. The molecule has 1 aliphatic rings. The highest BCUT2D eigenvalue weighted by Crippen LogP contribution is 2.42. The normalized spacial score (nSPS) is 21.5. The summed E-state index contributed by atoms with van der Waals surface area (Å²) in [6.45, 7) is 2.01. The van der Waals surface area contributed by atoms with Crippen LogP contribution in [0, 0.1) is 24.5 Å². The maximum absolute atomic E-state index is 14.6. The van der Waals surface area contributed by atoms with Crippen LogP contribution in [0.1, 0.15) is 17.5 Å². The fraction of sp³-hybridized carbons (Fsp3) is 0.333. The molecular formula is C21H21F2N3O4S. The van der Waals surface area contributed by atoms with Gasteiger partial charge in [-0.05, 0) is 31.5 Å². The number of ether oxygens (including phenoxy) is 1. The van der Waals surface area contributed by atoms with E-state index in [1.165, 1.54) is 35.5 Å². The predicted molar refractivity (Wildman–Crippen MR) is 106 cm³/mol. The maximum Gasteiger partial charge on any atom is 0.296 e. The van der Waals surface area contributed by atoms with Crippen LogP contribution in [0.3, 0.4) is 0 Å². The molecule has 31 heavy (non-hydrogen) atoms. The summed E-state index contributed by atoms with van der Waals surface area (Å²) in [7, 11) is -3.94. The molecule has 2 atom stereocenters. The smallest absolute Gasteiger partial charge is 0.296 e. The fourth-order valence-electron chi connectivity index (χ4n) is 3.75. The maximum atomic E-state index is 14.6. The average molecular weight is 449 g/mol. The summed E-state index contributed by atoms with van der Waals surface area (Å²) in [5.41, 5.74) is -0.0525. The van der Waals surface area contributed by atoms with Crippen LogP contribution < -0.4 is 0 Å². The zero-order chi connectivity index (χ0) is 22.1. The zero-order valence-corrected chi connectivity index (χ0v) is 17.6. The van der Waals surface area contributed by atoms with Gasteiger partial charge < -0.3 is 4.74 Å². The first-order chi connectivity index (χ1) is 14.8. The van der Waals surface area contributed by atoms with Gasteiger partial charge in [0.2, 0.25) is 0 Å². The van der Waals surface area contributed by atoms with Crippen molar-refractivity contribution in [2.24, 2.45) is 5.92 Å². The summed E-state index contributed by atoms with van der Waals surface area (Å²) in [6.07, 6.45) is 3.08. The van der Waals surface area contributed by atoms with Gasteiger partial charge in [0.05, 0.1) is 24.7 Å². The van der Waals surface area contributed by atoms with E-state index >= 15 is 0 Å². The number of hydrogen-bond donors (Lipinski definition) is 0. The number of aromatic nitrogens is 3. The molecule has 3 aromatic rings. The van der Waals surface area contributed by atoms with Crippen molar-refractivity contribution >= 4 is 10.1 Å². The SMILES string of the molecule is Cc1ccc(S(=O)(=O)OC[C@@H]2CO[C@](Cn3cncn3)(c3ccc(F)cc3F)C2)cc1. The lowest BCUT2D eigenvalue weighted by molar-refractivity contribution is -0.0206. The largest absolute Gasteiger partial charge is 0.368 e. The van der Waals surface area contributed by atoms with Gasteiger partial charge in [0.1, 0.15) is 29.9 Å². The minimum absolute atomic E-state index is 0.0653. The summed E-state index contributed by atoms with van der Waals surface area (Å²) in [4.78, 5) is 3.96. The van der Waals surface area contributed by atoms with E-state index in [2.05, 4.69) is 10.1 Å². The molecule has 2 aromatic carbocycles. The Balaban J connectivity index is 1.53. The molecule has 0 radical (unpaired) electrons. The Hall–Kier alpha value is -2.69. The van der Waals surface area contributed by atoms with E-state index in [0.717, 1.165) is 17.7 Å². The minimum atomic E-state index is -3.94. The highest BCUT2D eigenvalue weighted by Gasteiger charge is 2.45. The van der Waals surface area contributed by atoms with Gasteiger partial charge in [0.25, 0.3) is 10.1 Å². The van der Waals surface area contributed by atoms with Crippen molar-refractivity contribution in [3.63, 3.8) is 0 Å². The Morgan fingerprint density at radius 1 is 1.23 bits per heavy atom. The molecule has 4 rings (SSSR count). The van der Waals surface area contributed by atoms with Crippen molar-refractivity contribution in [2.75, 3.05) is 13.2 Å². The van der Waals surface area contributed by atoms with Gasteiger partial charge in [-0.1, -0.05) is 23.8 Å². The molecule has 1 saturated heterocycles. The minimum Gasteiger partial charge on any atom is -0.368 e. The van der Waals surface area contributed by atoms with Crippen molar-refractivity contribution in [3.8, 4) is 0 Å². The molecule has 7 nitrogen and oxygen atoms in total. The Kier molecular flexibility index (Phi) is 5.87. The molecule has 0 saturated carbocycles. The van der Waals surface area contributed by atoms with Crippen LogP contribution >= 0.6 is 0 Å². The third kappa shape index (κ3) is 4.65. The average Bonchev–Trinajstić information content (AvgIpc) is 3.38. The number of aryl methyl sites for hydroxylation is 1. The summed E-state index contributed by atoms with van der Waals surface area (Å²) in [5.74, 6) is -1.76. The Morgan fingerprint density at radius 2 is 2.00 bits per heavy atom. The monoisotopic (exact) mass is 449 g/mol. The lowest BCUT2D eigenvalue weighted by atomic mass is 9.87. The zero-order valence-electron chi connectivity index (χ0n) is 16.7. The van der Waals surface area contributed by atoms with E-state index in [4.69, 9.17) is 8.92 Å². The molecular weight excluding hydrogens is 428 g/mol. The number of rotatable bonds is 7. The van der Waals surface area contributed by atoms with Crippen molar-refractivity contribution in [1.82, 2.24) is 14.8 Å². The topological polar surface area (TPSA) is 83.3 Å².